The summed E-state index contributed by atoms with van der Waals surface area (Å²) >= 11 is 0. The van der Waals surface area contributed by atoms with Gasteiger partial charge in [-0.1, -0.05) is 24.3 Å². The SMILES string of the molecule is O=C(O)C1(CC2C=CCCC2)CC=CCC1. The summed E-state index contributed by atoms with van der Waals surface area (Å²) in [6, 6.07) is 0. The molecule has 1 N–H and O–H groups in total. The first kappa shape index (κ1) is 11.4. The molecule has 0 aromatic carbocycles. The minimum Gasteiger partial charge on any atom is -0.481 e. The summed E-state index contributed by atoms with van der Waals surface area (Å²) < 4.78 is 0. The molecule has 2 nitrogen and oxygen atoms in total. The van der Waals surface area contributed by atoms with Crippen LogP contribution in [0.25, 0.3) is 0 Å². The molecule has 0 aliphatic heterocycles. The first-order chi connectivity index (χ1) is 7.73. The first-order valence-corrected chi connectivity index (χ1v) is 6.28. The van der Waals surface area contributed by atoms with Crippen LogP contribution in [0.4, 0.5) is 0 Å². The van der Waals surface area contributed by atoms with Crippen molar-refractivity contribution in [2.45, 2.75) is 44.9 Å². The van der Waals surface area contributed by atoms with Crippen LogP contribution in [0.15, 0.2) is 24.3 Å². The molecule has 16 heavy (non-hydrogen) atoms. The second-order valence-electron chi connectivity index (χ2n) is 5.12. The second-order valence-corrected chi connectivity index (χ2v) is 5.12. The van der Waals surface area contributed by atoms with Gasteiger partial charge in [0.15, 0.2) is 0 Å². The van der Waals surface area contributed by atoms with Crippen LogP contribution >= 0.6 is 0 Å². The highest BCUT2D eigenvalue weighted by molar-refractivity contribution is 5.75. The van der Waals surface area contributed by atoms with E-state index in [-0.39, 0.29) is 0 Å². The number of carboxylic acid groups (broad SMARTS) is 1. The van der Waals surface area contributed by atoms with E-state index in [0.717, 1.165) is 32.1 Å². The lowest BCUT2D eigenvalue weighted by Crippen LogP contribution is -2.34. The van der Waals surface area contributed by atoms with Gasteiger partial charge in [0, 0.05) is 0 Å². The normalized spacial score (nSPS) is 33.9. The Morgan fingerprint density at radius 2 is 2.19 bits per heavy atom. The Labute approximate surface area is 97.0 Å². The van der Waals surface area contributed by atoms with Crippen molar-refractivity contribution >= 4 is 5.97 Å². The van der Waals surface area contributed by atoms with Crippen molar-refractivity contribution in [1.82, 2.24) is 0 Å². The minimum absolute atomic E-state index is 0.483. The Morgan fingerprint density at radius 1 is 1.31 bits per heavy atom. The van der Waals surface area contributed by atoms with E-state index in [0.29, 0.717) is 12.3 Å². The lowest BCUT2D eigenvalue weighted by atomic mass is 9.70. The zero-order valence-electron chi connectivity index (χ0n) is 9.69. The number of carbonyl (C=O) groups is 1. The maximum absolute atomic E-state index is 11.5. The van der Waals surface area contributed by atoms with Crippen LogP contribution in [-0.4, -0.2) is 11.1 Å². The molecule has 2 aliphatic rings. The van der Waals surface area contributed by atoms with Gasteiger partial charge in [0.05, 0.1) is 5.41 Å². The largest absolute Gasteiger partial charge is 0.481 e. The number of carboxylic acids is 1. The fraction of sp³-hybridized carbons (Fsp3) is 0.643. The number of allylic oxidation sites excluding steroid dienone is 4. The van der Waals surface area contributed by atoms with Gasteiger partial charge in [-0.15, -0.1) is 0 Å². The Kier molecular flexibility index (Phi) is 3.47. The fourth-order valence-corrected chi connectivity index (χ4v) is 2.91. The summed E-state index contributed by atoms with van der Waals surface area (Å²) in [4.78, 5) is 11.5. The number of hydrogen-bond acceptors (Lipinski definition) is 1. The predicted molar refractivity (Wildman–Crippen MR) is 64.2 cm³/mol. The molecule has 0 spiro atoms. The van der Waals surface area contributed by atoms with E-state index in [1.165, 1.54) is 6.42 Å². The summed E-state index contributed by atoms with van der Waals surface area (Å²) in [5, 5.41) is 9.46. The van der Waals surface area contributed by atoms with Crippen molar-refractivity contribution in [3.05, 3.63) is 24.3 Å². The Balaban J connectivity index is 2.07. The Bertz CT molecular complexity index is 317. The van der Waals surface area contributed by atoms with E-state index >= 15 is 0 Å². The van der Waals surface area contributed by atoms with Gasteiger partial charge in [-0.05, 0) is 50.9 Å². The molecule has 0 aromatic rings. The zero-order chi connectivity index (χ0) is 11.4. The van der Waals surface area contributed by atoms with Gasteiger partial charge >= 0.3 is 5.97 Å². The minimum atomic E-state index is -0.601. The van der Waals surface area contributed by atoms with Crippen molar-refractivity contribution in [3.63, 3.8) is 0 Å². The standard InChI is InChI=1S/C14H20O2/c15-13(16)14(9-5-2-6-10-14)11-12-7-3-1-4-8-12/h2-3,5,7,12H,1,4,6,8-11H2,(H,15,16). The van der Waals surface area contributed by atoms with Crippen molar-refractivity contribution in [1.29, 1.82) is 0 Å². The molecule has 2 rings (SSSR count). The van der Waals surface area contributed by atoms with Crippen LogP contribution < -0.4 is 0 Å². The lowest BCUT2D eigenvalue weighted by Gasteiger charge is -2.33. The fourth-order valence-electron chi connectivity index (χ4n) is 2.91. The van der Waals surface area contributed by atoms with Gasteiger partial charge in [0.25, 0.3) is 0 Å². The predicted octanol–water partition coefficient (Wildman–Crippen LogP) is 3.54. The van der Waals surface area contributed by atoms with Crippen LogP contribution in [0, 0.1) is 11.3 Å². The molecule has 0 aromatic heterocycles. The Morgan fingerprint density at radius 3 is 2.75 bits per heavy atom. The average Bonchev–Trinajstić information content (AvgIpc) is 2.31. The number of rotatable bonds is 3. The highest BCUT2D eigenvalue weighted by atomic mass is 16.4. The molecule has 0 radical (unpaired) electrons. The van der Waals surface area contributed by atoms with Gasteiger partial charge in [0.1, 0.15) is 0 Å². The van der Waals surface area contributed by atoms with E-state index < -0.39 is 11.4 Å². The van der Waals surface area contributed by atoms with Crippen LogP contribution in [-0.2, 0) is 4.79 Å². The van der Waals surface area contributed by atoms with Gasteiger partial charge in [-0.2, -0.15) is 0 Å². The monoisotopic (exact) mass is 220 g/mol. The van der Waals surface area contributed by atoms with Crippen molar-refractivity contribution in [3.8, 4) is 0 Å². The summed E-state index contributed by atoms with van der Waals surface area (Å²) in [5.41, 5.74) is -0.485. The van der Waals surface area contributed by atoms with Crippen LogP contribution in [0.3, 0.4) is 0 Å². The van der Waals surface area contributed by atoms with Crippen molar-refractivity contribution in [2.24, 2.45) is 11.3 Å². The molecular weight excluding hydrogens is 200 g/mol. The molecule has 2 unspecified atom stereocenters. The molecule has 0 heterocycles. The van der Waals surface area contributed by atoms with Gasteiger partial charge in [0.2, 0.25) is 0 Å². The molecule has 0 bridgehead atoms. The number of hydrogen-bond donors (Lipinski definition) is 1. The molecule has 0 saturated carbocycles. The molecule has 0 saturated heterocycles. The quantitative estimate of drug-likeness (QED) is 0.738. The topological polar surface area (TPSA) is 37.3 Å². The highest BCUT2D eigenvalue weighted by Gasteiger charge is 2.39. The Hall–Kier alpha value is -1.05. The van der Waals surface area contributed by atoms with E-state index in [2.05, 4.69) is 18.2 Å². The third-order valence-corrected chi connectivity index (χ3v) is 3.93. The maximum Gasteiger partial charge on any atom is 0.309 e. The van der Waals surface area contributed by atoms with E-state index in [1.807, 2.05) is 6.08 Å². The van der Waals surface area contributed by atoms with Gasteiger partial charge in [-0.3, -0.25) is 4.79 Å². The van der Waals surface area contributed by atoms with Crippen molar-refractivity contribution < 1.29 is 9.90 Å². The molecule has 2 atom stereocenters. The summed E-state index contributed by atoms with van der Waals surface area (Å²) in [7, 11) is 0. The molecule has 2 heteroatoms. The molecule has 2 aliphatic carbocycles. The molecule has 0 fully saturated rings. The lowest BCUT2D eigenvalue weighted by molar-refractivity contribution is -0.150. The molecule has 88 valence electrons. The van der Waals surface area contributed by atoms with E-state index in [1.54, 1.807) is 0 Å². The van der Waals surface area contributed by atoms with Crippen LogP contribution in [0.5, 0.6) is 0 Å². The first-order valence-electron chi connectivity index (χ1n) is 6.28. The van der Waals surface area contributed by atoms with Crippen LogP contribution in [0.2, 0.25) is 0 Å². The van der Waals surface area contributed by atoms with Gasteiger partial charge < -0.3 is 5.11 Å². The van der Waals surface area contributed by atoms with Crippen LogP contribution in [0.1, 0.15) is 44.9 Å². The summed E-state index contributed by atoms with van der Waals surface area (Å²) in [6.07, 6.45) is 15.4. The third kappa shape index (κ3) is 2.37. The molecule has 0 amide bonds. The van der Waals surface area contributed by atoms with Gasteiger partial charge in [-0.25, -0.2) is 0 Å². The summed E-state index contributed by atoms with van der Waals surface area (Å²) in [6.45, 7) is 0. The third-order valence-electron chi connectivity index (χ3n) is 3.93. The average molecular weight is 220 g/mol. The van der Waals surface area contributed by atoms with E-state index in [4.69, 9.17) is 0 Å². The zero-order valence-corrected chi connectivity index (χ0v) is 9.69. The smallest absolute Gasteiger partial charge is 0.309 e. The van der Waals surface area contributed by atoms with Crippen molar-refractivity contribution in [2.75, 3.05) is 0 Å². The van der Waals surface area contributed by atoms with E-state index in [9.17, 15) is 9.90 Å². The second kappa shape index (κ2) is 4.86. The highest BCUT2D eigenvalue weighted by Crippen LogP contribution is 2.41. The summed E-state index contributed by atoms with van der Waals surface area (Å²) in [5.74, 6) is -0.118. The number of aliphatic carboxylic acids is 1. The maximum atomic E-state index is 11.5. The molecular formula is C14H20O2.